The average Bonchev–Trinajstić information content (AvgIpc) is 2.51. The number of ether oxygens (including phenoxy) is 2. The molecule has 0 unspecified atom stereocenters. The van der Waals surface area contributed by atoms with Crippen molar-refractivity contribution in [2.75, 3.05) is 33.4 Å². The molecule has 0 radical (unpaired) electrons. The molecule has 1 fully saturated rings. The van der Waals surface area contributed by atoms with Crippen LogP contribution in [0.3, 0.4) is 0 Å². The molecule has 114 valence electrons. The van der Waals surface area contributed by atoms with Crippen LogP contribution >= 0.6 is 0 Å². The lowest BCUT2D eigenvalue weighted by atomic mass is 10.1. The number of rotatable bonds is 6. The van der Waals surface area contributed by atoms with E-state index in [1.54, 1.807) is 0 Å². The van der Waals surface area contributed by atoms with Crippen LogP contribution < -0.4 is 10.1 Å². The molecule has 1 atom stereocenters. The Morgan fingerprint density at radius 3 is 2.86 bits per heavy atom. The third kappa shape index (κ3) is 4.46. The molecule has 0 aliphatic carbocycles. The van der Waals surface area contributed by atoms with E-state index in [-0.39, 0.29) is 18.3 Å². The minimum atomic E-state index is -0.481. The van der Waals surface area contributed by atoms with Gasteiger partial charge in [-0.2, -0.15) is 0 Å². The second kappa shape index (κ2) is 7.64. The number of esters is 1. The van der Waals surface area contributed by atoms with Gasteiger partial charge in [0, 0.05) is 19.6 Å². The third-order valence-electron chi connectivity index (χ3n) is 3.42. The summed E-state index contributed by atoms with van der Waals surface area (Å²) >= 11 is 0. The number of carbonyl (C=O) groups excluding carboxylic acids is 2. The maximum absolute atomic E-state index is 11.9. The largest absolute Gasteiger partial charge is 0.492 e. The van der Waals surface area contributed by atoms with Gasteiger partial charge in [0.2, 0.25) is 5.91 Å². The molecule has 1 aromatic carbocycles. The first-order valence-electron chi connectivity index (χ1n) is 6.97. The Morgan fingerprint density at radius 2 is 2.14 bits per heavy atom. The maximum Gasteiger partial charge on any atom is 0.307 e. The lowest BCUT2D eigenvalue weighted by Crippen LogP contribution is -2.56. The molecule has 21 heavy (non-hydrogen) atoms. The highest BCUT2D eigenvalue weighted by molar-refractivity contribution is 5.87. The van der Waals surface area contributed by atoms with E-state index in [9.17, 15) is 9.59 Å². The molecule has 1 saturated heterocycles. The Balaban J connectivity index is 1.86. The molecule has 1 aromatic rings. The lowest BCUT2D eigenvalue weighted by molar-refractivity contribution is -0.146. The third-order valence-corrected chi connectivity index (χ3v) is 3.42. The van der Waals surface area contributed by atoms with Crippen molar-refractivity contribution in [3.05, 3.63) is 30.3 Å². The van der Waals surface area contributed by atoms with Crippen LogP contribution in [0.1, 0.15) is 6.42 Å². The Bertz CT molecular complexity index is 478. The zero-order valence-electron chi connectivity index (χ0n) is 12.1. The Hall–Kier alpha value is -2.08. The van der Waals surface area contributed by atoms with Crippen molar-refractivity contribution in [1.82, 2.24) is 10.2 Å². The van der Waals surface area contributed by atoms with Crippen molar-refractivity contribution < 1.29 is 19.1 Å². The van der Waals surface area contributed by atoms with E-state index in [1.807, 2.05) is 35.2 Å². The van der Waals surface area contributed by atoms with Crippen LogP contribution in [-0.2, 0) is 14.3 Å². The van der Waals surface area contributed by atoms with Crippen molar-refractivity contribution in [1.29, 1.82) is 0 Å². The van der Waals surface area contributed by atoms with E-state index in [0.29, 0.717) is 26.2 Å². The molecule has 6 nitrogen and oxygen atoms in total. The highest BCUT2D eigenvalue weighted by Gasteiger charge is 2.31. The van der Waals surface area contributed by atoms with Gasteiger partial charge in [-0.15, -0.1) is 0 Å². The zero-order chi connectivity index (χ0) is 15.1. The molecule has 1 amide bonds. The summed E-state index contributed by atoms with van der Waals surface area (Å²) in [4.78, 5) is 25.3. The standard InChI is InChI=1S/C15H20N2O4/c1-20-14(18)11-13-15(19)16-7-8-17(13)9-10-21-12-5-3-2-4-6-12/h2-6,13H,7-11H2,1H3,(H,16,19)/t13-/m1/s1. The first kappa shape index (κ1) is 15.3. The number of methoxy groups -OCH3 is 1. The number of nitrogens with zero attached hydrogens (tertiary/aromatic N) is 1. The predicted molar refractivity (Wildman–Crippen MR) is 76.9 cm³/mol. The number of benzene rings is 1. The van der Waals surface area contributed by atoms with Gasteiger partial charge >= 0.3 is 5.97 Å². The van der Waals surface area contributed by atoms with Gasteiger partial charge in [0.05, 0.1) is 19.6 Å². The van der Waals surface area contributed by atoms with Crippen molar-refractivity contribution >= 4 is 11.9 Å². The summed E-state index contributed by atoms with van der Waals surface area (Å²) in [6.45, 7) is 2.34. The molecule has 1 N–H and O–H groups in total. The van der Waals surface area contributed by atoms with E-state index in [0.717, 1.165) is 5.75 Å². The van der Waals surface area contributed by atoms with Crippen LogP contribution in [0.25, 0.3) is 0 Å². The van der Waals surface area contributed by atoms with Crippen molar-refractivity contribution in [3.8, 4) is 5.75 Å². The van der Waals surface area contributed by atoms with Gasteiger partial charge in [-0.3, -0.25) is 14.5 Å². The van der Waals surface area contributed by atoms with Crippen molar-refractivity contribution in [2.24, 2.45) is 0 Å². The molecule has 0 spiro atoms. The summed E-state index contributed by atoms with van der Waals surface area (Å²) in [5, 5.41) is 2.77. The molecule has 0 aromatic heterocycles. The van der Waals surface area contributed by atoms with Crippen molar-refractivity contribution in [2.45, 2.75) is 12.5 Å². The molecule has 0 bridgehead atoms. The van der Waals surface area contributed by atoms with E-state index in [2.05, 4.69) is 10.1 Å². The van der Waals surface area contributed by atoms with Crippen LogP contribution in [0.4, 0.5) is 0 Å². The van der Waals surface area contributed by atoms with E-state index < -0.39 is 6.04 Å². The molecule has 1 aliphatic heterocycles. The minimum Gasteiger partial charge on any atom is -0.492 e. The van der Waals surface area contributed by atoms with Gasteiger partial charge in [0.15, 0.2) is 0 Å². The van der Waals surface area contributed by atoms with Gasteiger partial charge in [-0.05, 0) is 12.1 Å². The van der Waals surface area contributed by atoms with Crippen LogP contribution in [-0.4, -0.2) is 56.2 Å². The summed E-state index contributed by atoms with van der Waals surface area (Å²) in [7, 11) is 1.33. The first-order chi connectivity index (χ1) is 10.2. The Morgan fingerprint density at radius 1 is 1.38 bits per heavy atom. The monoisotopic (exact) mass is 292 g/mol. The number of hydrogen-bond acceptors (Lipinski definition) is 5. The quantitative estimate of drug-likeness (QED) is 0.770. The fourth-order valence-electron chi connectivity index (χ4n) is 2.29. The molecule has 1 heterocycles. The fraction of sp³-hybridized carbons (Fsp3) is 0.467. The number of hydrogen-bond donors (Lipinski definition) is 1. The number of piperazine rings is 1. The fourth-order valence-corrected chi connectivity index (χ4v) is 2.29. The average molecular weight is 292 g/mol. The number of amides is 1. The Labute approximate surface area is 124 Å². The SMILES string of the molecule is COC(=O)C[C@@H]1C(=O)NCCN1CCOc1ccccc1. The second-order valence-electron chi connectivity index (χ2n) is 4.78. The van der Waals surface area contributed by atoms with Crippen LogP contribution in [0.15, 0.2) is 30.3 Å². The Kier molecular flexibility index (Phi) is 5.57. The maximum atomic E-state index is 11.9. The normalized spacial score (nSPS) is 18.9. The molecule has 0 saturated carbocycles. The molecular formula is C15H20N2O4. The van der Waals surface area contributed by atoms with Gasteiger partial charge in [-0.1, -0.05) is 18.2 Å². The first-order valence-corrected chi connectivity index (χ1v) is 6.97. The van der Waals surface area contributed by atoms with E-state index in [1.165, 1.54) is 7.11 Å². The van der Waals surface area contributed by atoms with Gasteiger partial charge in [-0.25, -0.2) is 0 Å². The summed E-state index contributed by atoms with van der Waals surface area (Å²) in [6.07, 6.45) is 0.0632. The zero-order valence-corrected chi connectivity index (χ0v) is 12.1. The summed E-state index contributed by atoms with van der Waals surface area (Å²) in [5.74, 6) is 0.279. The number of carbonyl (C=O) groups is 2. The van der Waals surface area contributed by atoms with Gasteiger partial charge < -0.3 is 14.8 Å². The van der Waals surface area contributed by atoms with Gasteiger partial charge in [0.25, 0.3) is 0 Å². The summed E-state index contributed by atoms with van der Waals surface area (Å²) in [5.41, 5.74) is 0. The van der Waals surface area contributed by atoms with Crippen LogP contribution in [0.5, 0.6) is 5.75 Å². The van der Waals surface area contributed by atoms with E-state index in [4.69, 9.17) is 4.74 Å². The number of nitrogens with one attached hydrogen (secondary N) is 1. The highest BCUT2D eigenvalue weighted by atomic mass is 16.5. The predicted octanol–water partition coefficient (Wildman–Crippen LogP) is 0.429. The van der Waals surface area contributed by atoms with Crippen molar-refractivity contribution in [3.63, 3.8) is 0 Å². The molecule has 2 rings (SSSR count). The van der Waals surface area contributed by atoms with Gasteiger partial charge in [0.1, 0.15) is 12.4 Å². The smallest absolute Gasteiger partial charge is 0.307 e. The molecular weight excluding hydrogens is 272 g/mol. The number of para-hydroxylation sites is 1. The van der Waals surface area contributed by atoms with E-state index >= 15 is 0 Å². The lowest BCUT2D eigenvalue weighted by Gasteiger charge is -2.34. The minimum absolute atomic E-state index is 0.0632. The molecule has 1 aliphatic rings. The summed E-state index contributed by atoms with van der Waals surface area (Å²) in [6, 6.07) is 9.02. The topological polar surface area (TPSA) is 67.9 Å². The summed E-state index contributed by atoms with van der Waals surface area (Å²) < 4.78 is 10.3. The highest BCUT2D eigenvalue weighted by Crippen LogP contribution is 2.11. The van der Waals surface area contributed by atoms with Crippen LogP contribution in [0, 0.1) is 0 Å². The molecule has 6 heteroatoms. The second-order valence-corrected chi connectivity index (χ2v) is 4.78. The van der Waals surface area contributed by atoms with Crippen LogP contribution in [0.2, 0.25) is 0 Å².